The van der Waals surface area contributed by atoms with Gasteiger partial charge in [-0.25, -0.2) is 9.59 Å². The van der Waals surface area contributed by atoms with Crippen LogP contribution in [0.3, 0.4) is 0 Å². The molecule has 0 atom stereocenters. The van der Waals surface area contributed by atoms with Crippen LogP contribution < -0.4 is 4.74 Å². The van der Waals surface area contributed by atoms with Gasteiger partial charge in [0.2, 0.25) is 0 Å². The molecule has 1 aliphatic rings. The highest BCUT2D eigenvalue weighted by Gasteiger charge is 2.36. The molecule has 7 heteroatoms. The van der Waals surface area contributed by atoms with Gasteiger partial charge in [-0.05, 0) is 35.4 Å². The van der Waals surface area contributed by atoms with Crippen LogP contribution in [0.15, 0.2) is 60.0 Å². The second-order valence-electron chi connectivity index (χ2n) is 5.59. The number of benzene rings is 2. The normalized spacial score (nSPS) is 15.4. The largest absolute Gasteiger partial charge is 0.508 e. The third kappa shape index (κ3) is 3.35. The van der Waals surface area contributed by atoms with Crippen molar-refractivity contribution in [3.05, 3.63) is 71.2 Å². The number of aliphatic hydroxyl groups is 1. The number of cyclic esters (lactones) is 1. The maximum atomic E-state index is 12.4. The minimum atomic E-state index is -0.828. The second-order valence-corrected chi connectivity index (χ2v) is 5.59. The Bertz CT molecular complexity index is 968. The van der Waals surface area contributed by atoms with Crippen molar-refractivity contribution >= 4 is 23.1 Å². The fourth-order valence-corrected chi connectivity index (χ4v) is 2.69. The molecule has 7 nitrogen and oxygen atoms in total. The Morgan fingerprint density at radius 2 is 1.74 bits per heavy atom. The van der Waals surface area contributed by atoms with Gasteiger partial charge in [0.15, 0.2) is 11.5 Å². The molecule has 3 rings (SSSR count). The lowest BCUT2D eigenvalue weighted by Gasteiger charge is -2.09. The molecule has 0 saturated heterocycles. The van der Waals surface area contributed by atoms with Crippen LogP contribution in [0, 0.1) is 0 Å². The summed E-state index contributed by atoms with van der Waals surface area (Å²) in [4.78, 5) is 24.6. The van der Waals surface area contributed by atoms with Gasteiger partial charge >= 0.3 is 11.9 Å². The van der Waals surface area contributed by atoms with Crippen LogP contribution in [-0.2, 0) is 19.1 Å². The van der Waals surface area contributed by atoms with Gasteiger partial charge in [0.05, 0.1) is 14.2 Å². The Morgan fingerprint density at radius 1 is 1.04 bits per heavy atom. The molecule has 0 unspecified atom stereocenters. The molecule has 0 aromatic heterocycles. The van der Waals surface area contributed by atoms with Crippen LogP contribution in [0.4, 0.5) is 0 Å². The molecule has 0 aliphatic carbocycles. The van der Waals surface area contributed by atoms with E-state index in [0.717, 1.165) is 7.11 Å². The lowest BCUT2D eigenvalue weighted by atomic mass is 10.0. The molecule has 1 aliphatic heterocycles. The molecule has 1 heterocycles. The van der Waals surface area contributed by atoms with Crippen LogP contribution in [0.5, 0.6) is 11.5 Å². The average Bonchev–Trinajstić information content (AvgIpc) is 2.96. The SMILES string of the molecule is COC(=O)/C(=C1/OC(=O)C(c2ccc(OC)cc2)=C1O)c1cccc(O)c1. The molecule has 2 aromatic carbocycles. The molecular weight excluding hydrogens is 352 g/mol. The van der Waals surface area contributed by atoms with Crippen molar-refractivity contribution in [3.63, 3.8) is 0 Å². The highest BCUT2D eigenvalue weighted by Crippen LogP contribution is 2.37. The number of esters is 2. The first-order valence-corrected chi connectivity index (χ1v) is 7.88. The first-order valence-electron chi connectivity index (χ1n) is 7.88. The van der Waals surface area contributed by atoms with Gasteiger partial charge in [-0.3, -0.25) is 0 Å². The number of carbonyl (C=O) groups is 2. The summed E-state index contributed by atoms with van der Waals surface area (Å²) in [6, 6.07) is 12.2. The number of phenols is 1. The molecule has 0 bridgehead atoms. The summed E-state index contributed by atoms with van der Waals surface area (Å²) < 4.78 is 15.0. The summed E-state index contributed by atoms with van der Waals surface area (Å²) in [7, 11) is 2.67. The van der Waals surface area contributed by atoms with E-state index in [0.29, 0.717) is 11.3 Å². The molecule has 0 fully saturated rings. The molecular formula is C20H16O7. The third-order valence-corrected chi connectivity index (χ3v) is 3.98. The summed E-state index contributed by atoms with van der Waals surface area (Å²) in [5, 5.41) is 20.3. The van der Waals surface area contributed by atoms with Crippen LogP contribution in [-0.4, -0.2) is 36.4 Å². The maximum Gasteiger partial charge on any atom is 0.348 e. The number of aromatic hydroxyl groups is 1. The summed E-state index contributed by atoms with van der Waals surface area (Å²) in [5.74, 6) is -1.98. The van der Waals surface area contributed by atoms with E-state index in [1.807, 2.05) is 0 Å². The van der Waals surface area contributed by atoms with Gasteiger partial charge in [0, 0.05) is 0 Å². The number of hydrogen-bond donors (Lipinski definition) is 2. The van der Waals surface area contributed by atoms with E-state index >= 15 is 0 Å². The van der Waals surface area contributed by atoms with E-state index in [1.54, 1.807) is 24.3 Å². The smallest absolute Gasteiger partial charge is 0.348 e. The maximum absolute atomic E-state index is 12.4. The van der Waals surface area contributed by atoms with Crippen molar-refractivity contribution < 1.29 is 34.0 Å². The topological polar surface area (TPSA) is 102 Å². The van der Waals surface area contributed by atoms with Gasteiger partial charge in [-0.1, -0.05) is 24.3 Å². The first kappa shape index (κ1) is 18.1. The van der Waals surface area contributed by atoms with Crippen molar-refractivity contribution in [2.24, 2.45) is 0 Å². The highest BCUT2D eigenvalue weighted by atomic mass is 16.6. The molecule has 0 amide bonds. The molecule has 2 N–H and O–H groups in total. The quantitative estimate of drug-likeness (QED) is 0.632. The van der Waals surface area contributed by atoms with Gasteiger partial charge < -0.3 is 24.4 Å². The zero-order valence-electron chi connectivity index (χ0n) is 14.6. The standard InChI is InChI=1S/C20H16O7/c1-25-14-8-6-11(7-9-14)15-17(22)18(27-20(15)24)16(19(23)26-2)12-4-3-5-13(21)10-12/h3-10,21-22H,1-2H3/b18-16+. The molecule has 0 spiro atoms. The van der Waals surface area contributed by atoms with Gasteiger partial charge in [0.1, 0.15) is 22.6 Å². The van der Waals surface area contributed by atoms with Gasteiger partial charge in [0.25, 0.3) is 0 Å². The number of aliphatic hydroxyl groups excluding tert-OH is 1. The first-order chi connectivity index (χ1) is 13.0. The monoisotopic (exact) mass is 368 g/mol. The Balaban J connectivity index is 2.18. The molecule has 2 aromatic rings. The predicted octanol–water partition coefficient (Wildman–Crippen LogP) is 2.81. The number of rotatable bonds is 4. The fraction of sp³-hybridized carbons (Fsp3) is 0.100. The number of hydrogen-bond acceptors (Lipinski definition) is 7. The van der Waals surface area contributed by atoms with Crippen molar-refractivity contribution in [1.29, 1.82) is 0 Å². The second kappa shape index (κ2) is 7.25. The van der Waals surface area contributed by atoms with Crippen LogP contribution in [0.1, 0.15) is 11.1 Å². The predicted molar refractivity (Wildman–Crippen MR) is 95.7 cm³/mol. The van der Waals surface area contributed by atoms with Crippen molar-refractivity contribution in [2.75, 3.05) is 14.2 Å². The third-order valence-electron chi connectivity index (χ3n) is 3.98. The van der Waals surface area contributed by atoms with E-state index < -0.39 is 17.7 Å². The average molecular weight is 368 g/mol. The lowest BCUT2D eigenvalue weighted by Crippen LogP contribution is -2.09. The fourth-order valence-electron chi connectivity index (χ4n) is 2.69. The van der Waals surface area contributed by atoms with Crippen molar-refractivity contribution in [3.8, 4) is 11.5 Å². The van der Waals surface area contributed by atoms with Gasteiger partial charge in [-0.15, -0.1) is 0 Å². The molecule has 0 radical (unpaired) electrons. The summed E-state index contributed by atoms with van der Waals surface area (Å²) >= 11 is 0. The minimum absolute atomic E-state index is 0.0887. The number of methoxy groups -OCH3 is 2. The zero-order valence-corrected chi connectivity index (χ0v) is 14.6. The Kier molecular flexibility index (Phi) is 4.85. The lowest BCUT2D eigenvalue weighted by molar-refractivity contribution is -0.134. The zero-order chi connectivity index (χ0) is 19.6. The molecule has 27 heavy (non-hydrogen) atoms. The molecule has 138 valence electrons. The number of ether oxygens (including phenoxy) is 3. The Morgan fingerprint density at radius 3 is 2.33 bits per heavy atom. The number of phenolic OH excluding ortho intramolecular Hbond substituents is 1. The van der Waals surface area contributed by atoms with Crippen molar-refractivity contribution in [2.45, 2.75) is 0 Å². The summed E-state index contributed by atoms with van der Waals surface area (Å²) in [5.41, 5.74) is 0.359. The Hall–Kier alpha value is -3.74. The van der Waals surface area contributed by atoms with Crippen LogP contribution >= 0.6 is 0 Å². The minimum Gasteiger partial charge on any atom is -0.508 e. The highest BCUT2D eigenvalue weighted by molar-refractivity contribution is 6.25. The molecule has 0 saturated carbocycles. The summed E-state index contributed by atoms with van der Waals surface area (Å²) in [6.45, 7) is 0. The van der Waals surface area contributed by atoms with Crippen LogP contribution in [0.25, 0.3) is 11.1 Å². The Labute approximate surface area is 154 Å². The van der Waals surface area contributed by atoms with E-state index in [4.69, 9.17) is 14.2 Å². The van der Waals surface area contributed by atoms with Crippen molar-refractivity contribution in [1.82, 2.24) is 0 Å². The van der Waals surface area contributed by atoms with E-state index in [2.05, 4.69) is 0 Å². The van der Waals surface area contributed by atoms with E-state index in [1.165, 1.54) is 31.4 Å². The number of carbonyl (C=O) groups excluding carboxylic acids is 2. The van der Waals surface area contributed by atoms with E-state index in [-0.39, 0.29) is 28.2 Å². The van der Waals surface area contributed by atoms with Gasteiger partial charge in [-0.2, -0.15) is 0 Å². The summed E-state index contributed by atoms with van der Waals surface area (Å²) in [6.07, 6.45) is 0. The van der Waals surface area contributed by atoms with Crippen LogP contribution in [0.2, 0.25) is 0 Å². The van der Waals surface area contributed by atoms with E-state index in [9.17, 15) is 19.8 Å².